The number of amides is 1. The van der Waals surface area contributed by atoms with E-state index in [0.29, 0.717) is 24.6 Å². The molecule has 0 aromatic heterocycles. The minimum absolute atomic E-state index is 0.0388. The van der Waals surface area contributed by atoms with Crippen molar-refractivity contribution in [2.75, 3.05) is 20.1 Å². The summed E-state index contributed by atoms with van der Waals surface area (Å²) in [7, 11) is 1.75. The Hall–Kier alpha value is -1.39. The van der Waals surface area contributed by atoms with Crippen LogP contribution in [-0.4, -0.2) is 48.2 Å². The second kappa shape index (κ2) is 5.72. The number of hydrogen-bond acceptors (Lipinski definition) is 3. The van der Waals surface area contributed by atoms with Crippen molar-refractivity contribution in [3.8, 4) is 0 Å². The molecule has 4 nitrogen and oxygen atoms in total. The van der Waals surface area contributed by atoms with Crippen molar-refractivity contribution in [2.24, 2.45) is 0 Å². The lowest BCUT2D eigenvalue weighted by Gasteiger charge is -2.26. The Balaban J connectivity index is 2.10. The summed E-state index contributed by atoms with van der Waals surface area (Å²) in [6, 6.07) is 7.58. The molecule has 1 aliphatic rings. The Morgan fingerprint density at radius 2 is 1.95 bits per heavy atom. The van der Waals surface area contributed by atoms with Crippen LogP contribution in [0.1, 0.15) is 35.7 Å². The normalized spacial score (nSPS) is 22.8. The summed E-state index contributed by atoms with van der Waals surface area (Å²) in [5.74, 6) is 0.422. The molecule has 0 spiro atoms. The summed E-state index contributed by atoms with van der Waals surface area (Å²) in [6.45, 7) is 5.45. The molecule has 1 aromatic rings. The highest BCUT2D eigenvalue weighted by Crippen LogP contribution is 2.17. The lowest BCUT2D eigenvalue weighted by molar-refractivity contribution is 0.0581. The van der Waals surface area contributed by atoms with Gasteiger partial charge in [-0.3, -0.25) is 4.79 Å². The largest absolute Gasteiger partial charge is 0.390 e. The van der Waals surface area contributed by atoms with Gasteiger partial charge in [-0.1, -0.05) is 26.0 Å². The molecule has 1 fully saturated rings. The molecule has 1 aromatic carbocycles. The third kappa shape index (κ3) is 2.96. The fraction of sp³-hybridized carbons (Fsp3) is 0.533. The molecule has 2 N–H and O–H groups in total. The van der Waals surface area contributed by atoms with Gasteiger partial charge in [0.25, 0.3) is 5.91 Å². The van der Waals surface area contributed by atoms with E-state index in [1.54, 1.807) is 11.9 Å². The second-order valence-electron chi connectivity index (χ2n) is 5.49. The molecule has 0 saturated carbocycles. The number of nitrogens with one attached hydrogen (secondary N) is 1. The van der Waals surface area contributed by atoms with Crippen molar-refractivity contribution in [3.05, 3.63) is 35.4 Å². The molecule has 104 valence electrons. The van der Waals surface area contributed by atoms with Gasteiger partial charge in [-0.15, -0.1) is 0 Å². The standard InChI is InChI=1S/C15H22N2O2/c1-10(2)11-4-6-12(7-5-11)15(19)17(3)13-8-16-9-14(13)18/h4-7,10,13-14,16,18H,8-9H2,1-3H3/t13-,14-/m1/s1. The van der Waals surface area contributed by atoms with E-state index in [0.717, 1.165) is 0 Å². The van der Waals surface area contributed by atoms with Crippen LogP contribution in [0.5, 0.6) is 0 Å². The number of nitrogens with zero attached hydrogens (tertiary/aromatic N) is 1. The molecule has 0 bridgehead atoms. The van der Waals surface area contributed by atoms with Gasteiger partial charge in [-0.05, 0) is 23.6 Å². The summed E-state index contributed by atoms with van der Waals surface area (Å²) in [5, 5.41) is 12.9. The summed E-state index contributed by atoms with van der Waals surface area (Å²) in [6.07, 6.45) is -0.483. The molecule has 2 atom stereocenters. The van der Waals surface area contributed by atoms with E-state index in [4.69, 9.17) is 0 Å². The van der Waals surface area contributed by atoms with Gasteiger partial charge in [-0.2, -0.15) is 0 Å². The maximum Gasteiger partial charge on any atom is 0.253 e. The summed E-state index contributed by atoms with van der Waals surface area (Å²) in [5.41, 5.74) is 1.90. The van der Waals surface area contributed by atoms with E-state index in [1.165, 1.54) is 5.56 Å². The summed E-state index contributed by atoms with van der Waals surface area (Å²) >= 11 is 0. The predicted molar refractivity (Wildman–Crippen MR) is 75.3 cm³/mol. The smallest absolute Gasteiger partial charge is 0.253 e. The quantitative estimate of drug-likeness (QED) is 0.861. The van der Waals surface area contributed by atoms with E-state index >= 15 is 0 Å². The predicted octanol–water partition coefficient (Wildman–Crippen LogP) is 1.21. The number of carbonyl (C=O) groups excluding carboxylic acids is 1. The second-order valence-corrected chi connectivity index (χ2v) is 5.49. The number of likely N-dealkylation sites (N-methyl/N-ethyl adjacent to an activating group) is 1. The maximum atomic E-state index is 12.3. The SMILES string of the molecule is CC(C)c1ccc(C(=O)N(C)[C@@H]2CNC[C@H]2O)cc1. The Kier molecular flexibility index (Phi) is 4.22. The first-order valence-corrected chi connectivity index (χ1v) is 6.76. The zero-order valence-electron chi connectivity index (χ0n) is 11.8. The molecule has 2 rings (SSSR count). The van der Waals surface area contributed by atoms with Crippen LogP contribution < -0.4 is 5.32 Å². The molecule has 1 saturated heterocycles. The molecule has 4 heteroatoms. The highest BCUT2D eigenvalue weighted by molar-refractivity contribution is 5.94. The van der Waals surface area contributed by atoms with Crippen LogP contribution in [0.3, 0.4) is 0 Å². The van der Waals surface area contributed by atoms with Crippen LogP contribution in [0.4, 0.5) is 0 Å². The number of aliphatic hydroxyl groups excluding tert-OH is 1. The number of carbonyl (C=O) groups is 1. The maximum absolute atomic E-state index is 12.3. The summed E-state index contributed by atoms with van der Waals surface area (Å²) < 4.78 is 0. The van der Waals surface area contributed by atoms with Gasteiger partial charge in [-0.25, -0.2) is 0 Å². The van der Waals surface area contributed by atoms with Gasteiger partial charge in [0.05, 0.1) is 12.1 Å². The molecular formula is C15H22N2O2. The zero-order valence-corrected chi connectivity index (χ0v) is 11.8. The van der Waals surface area contributed by atoms with Gasteiger partial charge >= 0.3 is 0 Å². The first-order chi connectivity index (χ1) is 9.00. The topological polar surface area (TPSA) is 52.6 Å². The minimum Gasteiger partial charge on any atom is -0.390 e. The fourth-order valence-corrected chi connectivity index (χ4v) is 2.41. The van der Waals surface area contributed by atoms with E-state index < -0.39 is 6.10 Å². The average molecular weight is 262 g/mol. The van der Waals surface area contributed by atoms with Crippen LogP contribution in [0, 0.1) is 0 Å². The van der Waals surface area contributed by atoms with Gasteiger partial charge in [0, 0.05) is 25.7 Å². The monoisotopic (exact) mass is 262 g/mol. The van der Waals surface area contributed by atoms with Crippen molar-refractivity contribution in [2.45, 2.75) is 31.9 Å². The third-order valence-corrected chi connectivity index (χ3v) is 3.79. The average Bonchev–Trinajstić information content (AvgIpc) is 2.83. The van der Waals surface area contributed by atoms with Crippen LogP contribution in [-0.2, 0) is 0 Å². The van der Waals surface area contributed by atoms with Crippen LogP contribution in [0.2, 0.25) is 0 Å². The van der Waals surface area contributed by atoms with Crippen molar-refractivity contribution in [1.82, 2.24) is 10.2 Å². The molecule has 1 heterocycles. The van der Waals surface area contributed by atoms with E-state index in [9.17, 15) is 9.90 Å². The van der Waals surface area contributed by atoms with Crippen molar-refractivity contribution < 1.29 is 9.90 Å². The number of benzene rings is 1. The molecular weight excluding hydrogens is 240 g/mol. The lowest BCUT2D eigenvalue weighted by Crippen LogP contribution is -2.44. The van der Waals surface area contributed by atoms with Crippen molar-refractivity contribution in [1.29, 1.82) is 0 Å². The van der Waals surface area contributed by atoms with Gasteiger partial charge in [0.2, 0.25) is 0 Å². The van der Waals surface area contributed by atoms with Gasteiger partial charge in [0.15, 0.2) is 0 Å². The highest BCUT2D eigenvalue weighted by atomic mass is 16.3. The van der Waals surface area contributed by atoms with E-state index in [2.05, 4.69) is 19.2 Å². The number of hydrogen-bond donors (Lipinski definition) is 2. The van der Waals surface area contributed by atoms with Crippen LogP contribution >= 0.6 is 0 Å². The molecule has 1 aliphatic heterocycles. The number of β-amino-alcohol motifs (C(OH)–C–C–N with tert-alkyl or cyclic N) is 1. The molecule has 0 radical (unpaired) electrons. The molecule has 19 heavy (non-hydrogen) atoms. The summed E-state index contributed by atoms with van der Waals surface area (Å²) in [4.78, 5) is 14.0. The number of aliphatic hydroxyl groups is 1. The molecule has 0 unspecified atom stereocenters. The van der Waals surface area contributed by atoms with Crippen molar-refractivity contribution in [3.63, 3.8) is 0 Å². The fourth-order valence-electron chi connectivity index (χ4n) is 2.41. The van der Waals surface area contributed by atoms with Crippen molar-refractivity contribution >= 4 is 5.91 Å². The Bertz CT molecular complexity index is 442. The Morgan fingerprint density at radius 3 is 2.42 bits per heavy atom. The number of rotatable bonds is 3. The molecule has 0 aliphatic carbocycles. The molecule has 1 amide bonds. The Morgan fingerprint density at radius 1 is 1.32 bits per heavy atom. The first-order valence-electron chi connectivity index (χ1n) is 6.76. The van der Waals surface area contributed by atoms with E-state index in [1.807, 2.05) is 24.3 Å². The first kappa shape index (κ1) is 14.0. The van der Waals surface area contributed by atoms with Crippen LogP contribution in [0.25, 0.3) is 0 Å². The van der Waals surface area contributed by atoms with Gasteiger partial charge in [0.1, 0.15) is 0 Å². The zero-order chi connectivity index (χ0) is 14.0. The van der Waals surface area contributed by atoms with Crippen LogP contribution in [0.15, 0.2) is 24.3 Å². The van der Waals surface area contributed by atoms with Gasteiger partial charge < -0.3 is 15.3 Å². The lowest BCUT2D eigenvalue weighted by atomic mass is 10.0. The third-order valence-electron chi connectivity index (χ3n) is 3.79. The van der Waals surface area contributed by atoms with E-state index in [-0.39, 0.29) is 11.9 Å². The minimum atomic E-state index is -0.483. The Labute approximate surface area is 114 Å². The highest BCUT2D eigenvalue weighted by Gasteiger charge is 2.31.